The number of aromatic amines is 1. The molecule has 126 valence electrons. The first-order valence-corrected chi connectivity index (χ1v) is 7.99. The number of H-pyrrole nitrogens is 1. The van der Waals surface area contributed by atoms with E-state index < -0.39 is 0 Å². The molecule has 1 aliphatic rings. The second-order valence-corrected chi connectivity index (χ2v) is 5.77. The molecule has 3 heterocycles. The molecule has 0 aliphatic carbocycles. The fourth-order valence-corrected chi connectivity index (χ4v) is 2.93. The molecule has 2 aromatic heterocycles. The number of hydrogen-bond acceptors (Lipinski definition) is 6. The summed E-state index contributed by atoms with van der Waals surface area (Å²) in [5, 5.41) is 16.1. The van der Waals surface area contributed by atoms with Gasteiger partial charge in [-0.05, 0) is 19.9 Å². The first kappa shape index (κ1) is 15.9. The highest BCUT2D eigenvalue weighted by molar-refractivity contribution is 5.33. The van der Waals surface area contributed by atoms with Crippen LogP contribution in [0.25, 0.3) is 0 Å². The SMILES string of the molecule is CCn1c(Cc2cc(C)[nH]n2)nnc1N1CCOC(COC)C1. The van der Waals surface area contributed by atoms with Crippen LogP contribution in [0.5, 0.6) is 0 Å². The van der Waals surface area contributed by atoms with Gasteiger partial charge in [-0.3, -0.25) is 9.67 Å². The molecule has 1 N–H and O–H groups in total. The number of methoxy groups -OCH3 is 1. The molecule has 8 nitrogen and oxygen atoms in total. The van der Waals surface area contributed by atoms with E-state index in [2.05, 4.69) is 36.8 Å². The Bertz CT molecular complexity index is 636. The van der Waals surface area contributed by atoms with Crippen LogP contribution in [0.15, 0.2) is 6.07 Å². The molecular formula is C15H24N6O2. The van der Waals surface area contributed by atoms with E-state index >= 15 is 0 Å². The topological polar surface area (TPSA) is 81.1 Å². The van der Waals surface area contributed by atoms with Crippen LogP contribution in [0.3, 0.4) is 0 Å². The van der Waals surface area contributed by atoms with Gasteiger partial charge in [0.15, 0.2) is 0 Å². The summed E-state index contributed by atoms with van der Waals surface area (Å²) in [6, 6.07) is 2.04. The van der Waals surface area contributed by atoms with E-state index in [4.69, 9.17) is 9.47 Å². The van der Waals surface area contributed by atoms with Crippen molar-refractivity contribution in [3.8, 4) is 0 Å². The van der Waals surface area contributed by atoms with Crippen molar-refractivity contribution in [2.24, 2.45) is 0 Å². The van der Waals surface area contributed by atoms with Crippen molar-refractivity contribution in [3.05, 3.63) is 23.3 Å². The second kappa shape index (κ2) is 7.10. The predicted octanol–water partition coefficient (Wildman–Crippen LogP) is 0.772. The lowest BCUT2D eigenvalue weighted by Gasteiger charge is -2.33. The Kier molecular flexibility index (Phi) is 4.92. The van der Waals surface area contributed by atoms with Crippen molar-refractivity contribution in [2.75, 3.05) is 38.3 Å². The molecule has 3 rings (SSSR count). The smallest absolute Gasteiger partial charge is 0.227 e. The summed E-state index contributed by atoms with van der Waals surface area (Å²) in [5.74, 6) is 1.84. The summed E-state index contributed by atoms with van der Waals surface area (Å²) < 4.78 is 13.1. The van der Waals surface area contributed by atoms with Gasteiger partial charge in [0, 0.05) is 32.4 Å². The molecule has 0 radical (unpaired) electrons. The van der Waals surface area contributed by atoms with Gasteiger partial charge < -0.3 is 14.4 Å². The van der Waals surface area contributed by atoms with Gasteiger partial charge in [-0.15, -0.1) is 10.2 Å². The maximum Gasteiger partial charge on any atom is 0.227 e. The number of nitrogens with zero attached hydrogens (tertiary/aromatic N) is 5. The highest BCUT2D eigenvalue weighted by Gasteiger charge is 2.25. The lowest BCUT2D eigenvalue weighted by atomic mass is 10.2. The Balaban J connectivity index is 1.77. The number of aromatic nitrogens is 5. The van der Waals surface area contributed by atoms with Gasteiger partial charge in [0.2, 0.25) is 5.95 Å². The molecular weight excluding hydrogens is 296 g/mol. The summed E-state index contributed by atoms with van der Waals surface area (Å²) >= 11 is 0. The molecule has 0 aromatic carbocycles. The number of rotatable bonds is 6. The molecule has 1 aliphatic heterocycles. The molecule has 0 bridgehead atoms. The van der Waals surface area contributed by atoms with E-state index in [-0.39, 0.29) is 6.10 Å². The van der Waals surface area contributed by atoms with Crippen molar-refractivity contribution < 1.29 is 9.47 Å². The lowest BCUT2D eigenvalue weighted by Crippen LogP contribution is -2.45. The normalized spacial score (nSPS) is 18.6. The van der Waals surface area contributed by atoms with Crippen LogP contribution >= 0.6 is 0 Å². The predicted molar refractivity (Wildman–Crippen MR) is 85.7 cm³/mol. The van der Waals surface area contributed by atoms with E-state index in [0.29, 0.717) is 19.6 Å². The van der Waals surface area contributed by atoms with Crippen molar-refractivity contribution in [1.82, 2.24) is 25.0 Å². The summed E-state index contributed by atoms with van der Waals surface area (Å²) in [5.41, 5.74) is 2.04. The molecule has 1 fully saturated rings. The summed E-state index contributed by atoms with van der Waals surface area (Å²) in [6.07, 6.45) is 0.755. The number of ether oxygens (including phenoxy) is 2. The number of anilines is 1. The Morgan fingerprint density at radius 2 is 2.30 bits per heavy atom. The third-order valence-electron chi connectivity index (χ3n) is 4.00. The van der Waals surface area contributed by atoms with Crippen LogP contribution in [-0.4, -0.2) is 64.5 Å². The van der Waals surface area contributed by atoms with Gasteiger partial charge in [0.05, 0.1) is 31.4 Å². The van der Waals surface area contributed by atoms with E-state index in [1.165, 1.54) is 0 Å². The van der Waals surface area contributed by atoms with Gasteiger partial charge in [0.1, 0.15) is 5.82 Å². The molecule has 2 aromatic rings. The molecule has 0 saturated carbocycles. The van der Waals surface area contributed by atoms with Crippen molar-refractivity contribution in [1.29, 1.82) is 0 Å². The molecule has 1 saturated heterocycles. The molecule has 23 heavy (non-hydrogen) atoms. The summed E-state index contributed by atoms with van der Waals surface area (Å²) in [4.78, 5) is 2.23. The molecule has 8 heteroatoms. The Hall–Kier alpha value is -1.93. The average Bonchev–Trinajstić information content (AvgIpc) is 3.14. The quantitative estimate of drug-likeness (QED) is 0.847. The van der Waals surface area contributed by atoms with Crippen molar-refractivity contribution in [2.45, 2.75) is 32.9 Å². The fourth-order valence-electron chi connectivity index (χ4n) is 2.93. The molecule has 0 spiro atoms. The summed E-state index contributed by atoms with van der Waals surface area (Å²) in [7, 11) is 1.70. The van der Waals surface area contributed by atoms with E-state index in [1.807, 2.05) is 13.0 Å². The minimum atomic E-state index is 0.0770. The first-order chi connectivity index (χ1) is 11.2. The molecule has 1 atom stereocenters. The van der Waals surface area contributed by atoms with Gasteiger partial charge in [-0.25, -0.2) is 0 Å². The zero-order valence-electron chi connectivity index (χ0n) is 13.9. The Labute approximate surface area is 135 Å². The largest absolute Gasteiger partial charge is 0.382 e. The minimum absolute atomic E-state index is 0.0770. The maximum atomic E-state index is 5.71. The van der Waals surface area contributed by atoms with Gasteiger partial charge in [-0.1, -0.05) is 0 Å². The van der Waals surface area contributed by atoms with E-state index in [0.717, 1.165) is 42.8 Å². The Morgan fingerprint density at radius 1 is 1.43 bits per heavy atom. The monoisotopic (exact) mass is 320 g/mol. The molecule has 0 amide bonds. The van der Waals surface area contributed by atoms with Crippen molar-refractivity contribution >= 4 is 5.95 Å². The fraction of sp³-hybridized carbons (Fsp3) is 0.667. The zero-order valence-corrected chi connectivity index (χ0v) is 13.9. The van der Waals surface area contributed by atoms with Gasteiger partial charge in [-0.2, -0.15) is 5.10 Å². The van der Waals surface area contributed by atoms with Crippen LogP contribution in [0.4, 0.5) is 5.95 Å². The minimum Gasteiger partial charge on any atom is -0.382 e. The third-order valence-corrected chi connectivity index (χ3v) is 4.00. The highest BCUT2D eigenvalue weighted by Crippen LogP contribution is 2.19. The van der Waals surface area contributed by atoms with Crippen LogP contribution in [0, 0.1) is 6.92 Å². The lowest BCUT2D eigenvalue weighted by molar-refractivity contribution is -0.0105. The van der Waals surface area contributed by atoms with E-state index in [9.17, 15) is 0 Å². The second-order valence-electron chi connectivity index (χ2n) is 5.77. The molecule has 1 unspecified atom stereocenters. The van der Waals surface area contributed by atoms with Crippen LogP contribution in [-0.2, 0) is 22.4 Å². The van der Waals surface area contributed by atoms with Crippen LogP contribution < -0.4 is 4.90 Å². The Morgan fingerprint density at radius 3 is 3.00 bits per heavy atom. The van der Waals surface area contributed by atoms with E-state index in [1.54, 1.807) is 7.11 Å². The number of nitrogens with one attached hydrogen (secondary N) is 1. The zero-order chi connectivity index (χ0) is 16.2. The standard InChI is InChI=1S/C15H24N6O2/c1-4-21-14(8-12-7-11(2)16-17-12)18-19-15(21)20-5-6-23-13(9-20)10-22-3/h7,13H,4-6,8-10H2,1-3H3,(H,16,17). The number of morpholine rings is 1. The van der Waals surface area contributed by atoms with Crippen molar-refractivity contribution in [3.63, 3.8) is 0 Å². The first-order valence-electron chi connectivity index (χ1n) is 7.99. The summed E-state index contributed by atoms with van der Waals surface area (Å²) in [6.45, 7) is 7.80. The highest BCUT2D eigenvalue weighted by atomic mass is 16.5. The third kappa shape index (κ3) is 3.53. The van der Waals surface area contributed by atoms with Crippen LogP contribution in [0.2, 0.25) is 0 Å². The number of hydrogen-bond donors (Lipinski definition) is 1. The van der Waals surface area contributed by atoms with Gasteiger partial charge >= 0.3 is 0 Å². The van der Waals surface area contributed by atoms with Crippen LogP contribution in [0.1, 0.15) is 24.1 Å². The van der Waals surface area contributed by atoms with Gasteiger partial charge in [0.25, 0.3) is 0 Å². The maximum absolute atomic E-state index is 5.71. The average molecular weight is 320 g/mol. The number of aryl methyl sites for hydroxylation is 1.